The van der Waals surface area contributed by atoms with Crippen LogP contribution in [-0.2, 0) is 0 Å². The summed E-state index contributed by atoms with van der Waals surface area (Å²) in [4.78, 5) is 32.3. The first-order valence-electron chi connectivity index (χ1n) is 9.36. The minimum atomic E-state index is 0.400. The van der Waals surface area contributed by atoms with Crippen LogP contribution in [0.15, 0.2) is 25.0 Å². The highest BCUT2D eigenvalue weighted by Gasteiger charge is 2.40. The molecule has 9 heteroatoms. The summed E-state index contributed by atoms with van der Waals surface area (Å²) >= 11 is 0. The molecule has 0 spiro atoms. The van der Waals surface area contributed by atoms with E-state index in [2.05, 4.69) is 39.7 Å². The third-order valence-electron chi connectivity index (χ3n) is 5.72. The summed E-state index contributed by atoms with van der Waals surface area (Å²) in [5.41, 5.74) is 1.64. The van der Waals surface area contributed by atoms with Crippen molar-refractivity contribution in [1.82, 2.24) is 29.9 Å². The Morgan fingerprint density at radius 3 is 2.74 bits per heavy atom. The zero-order valence-electron chi connectivity index (χ0n) is 15.6. The maximum Gasteiger partial charge on any atom is 0.182 e. The van der Waals surface area contributed by atoms with Crippen LogP contribution < -0.4 is 14.7 Å². The van der Waals surface area contributed by atoms with Gasteiger partial charge in [-0.25, -0.2) is 24.9 Å². The molecule has 0 radical (unpaired) electrons. The van der Waals surface area contributed by atoms with E-state index >= 15 is 0 Å². The number of hydrogen-bond acceptors (Lipinski definition) is 8. The van der Waals surface area contributed by atoms with Gasteiger partial charge in [0.05, 0.1) is 12.4 Å². The van der Waals surface area contributed by atoms with E-state index in [9.17, 15) is 0 Å². The van der Waals surface area contributed by atoms with Crippen LogP contribution in [-0.4, -0.2) is 69.7 Å². The van der Waals surface area contributed by atoms with Gasteiger partial charge in [-0.15, -0.1) is 0 Å². The van der Waals surface area contributed by atoms with Crippen LogP contribution in [0.2, 0.25) is 0 Å². The van der Waals surface area contributed by atoms with Crippen LogP contribution in [0.3, 0.4) is 0 Å². The van der Waals surface area contributed by atoms with E-state index in [4.69, 9.17) is 0 Å². The molecule has 0 saturated carbocycles. The number of imidazole rings is 1. The Morgan fingerprint density at radius 2 is 1.85 bits per heavy atom. The van der Waals surface area contributed by atoms with Gasteiger partial charge in [0, 0.05) is 46.1 Å². The van der Waals surface area contributed by atoms with E-state index in [0.717, 1.165) is 54.7 Å². The number of H-pyrrole nitrogens is 1. The molecular formula is C18H23N9. The average Bonchev–Trinajstić information content (AvgIpc) is 3.34. The lowest BCUT2D eigenvalue weighted by molar-refractivity contribution is 0.388. The van der Waals surface area contributed by atoms with Crippen LogP contribution in [0.25, 0.3) is 11.2 Å². The molecule has 27 heavy (non-hydrogen) atoms. The Hall–Kier alpha value is -2.97. The molecule has 2 aliphatic heterocycles. The van der Waals surface area contributed by atoms with Gasteiger partial charge in [-0.05, 0) is 18.8 Å². The Bertz CT molecular complexity index is 953. The maximum absolute atomic E-state index is 4.64. The van der Waals surface area contributed by atoms with Crippen molar-refractivity contribution in [3.05, 3.63) is 25.0 Å². The lowest BCUT2D eigenvalue weighted by atomic mass is 9.92. The molecule has 2 atom stereocenters. The zero-order chi connectivity index (χ0) is 18.4. The number of aromatic nitrogens is 6. The molecule has 2 aliphatic rings. The highest BCUT2D eigenvalue weighted by molar-refractivity contribution is 5.83. The second kappa shape index (κ2) is 6.33. The van der Waals surface area contributed by atoms with Gasteiger partial charge in [-0.2, -0.15) is 0 Å². The maximum atomic E-state index is 4.64. The number of piperidine rings is 1. The van der Waals surface area contributed by atoms with Crippen LogP contribution >= 0.6 is 0 Å². The van der Waals surface area contributed by atoms with E-state index in [1.54, 1.807) is 25.0 Å². The lowest BCUT2D eigenvalue weighted by Crippen LogP contribution is -2.49. The molecule has 0 aliphatic carbocycles. The second-order valence-electron chi connectivity index (χ2n) is 7.44. The number of nitrogens with zero attached hydrogens (tertiary/aromatic N) is 8. The molecule has 0 aromatic carbocycles. The number of aromatic amines is 1. The quantitative estimate of drug-likeness (QED) is 0.743. The molecule has 5 rings (SSSR count). The summed E-state index contributed by atoms with van der Waals surface area (Å²) in [5, 5.41) is 0. The summed E-state index contributed by atoms with van der Waals surface area (Å²) < 4.78 is 0. The van der Waals surface area contributed by atoms with E-state index in [1.165, 1.54) is 6.42 Å². The van der Waals surface area contributed by atoms with Crippen molar-refractivity contribution >= 4 is 28.6 Å². The summed E-state index contributed by atoms with van der Waals surface area (Å²) in [6.45, 7) is 2.94. The molecule has 2 saturated heterocycles. The van der Waals surface area contributed by atoms with Gasteiger partial charge in [0.2, 0.25) is 0 Å². The highest BCUT2D eigenvalue weighted by Crippen LogP contribution is 2.38. The fraction of sp³-hybridized carbons (Fsp3) is 0.500. The number of fused-ring (bicyclic) bond motifs is 2. The fourth-order valence-electron chi connectivity index (χ4n) is 4.43. The summed E-state index contributed by atoms with van der Waals surface area (Å²) in [6, 6.07) is 0.400. The van der Waals surface area contributed by atoms with Crippen LogP contribution in [0.5, 0.6) is 0 Å². The molecular weight excluding hydrogens is 342 g/mol. The van der Waals surface area contributed by atoms with Gasteiger partial charge in [0.15, 0.2) is 23.1 Å². The van der Waals surface area contributed by atoms with Crippen molar-refractivity contribution < 1.29 is 0 Å². The van der Waals surface area contributed by atoms with Crippen LogP contribution in [0, 0.1) is 5.92 Å². The minimum Gasteiger partial charge on any atom is -0.360 e. The topological polar surface area (TPSA) is 90.0 Å². The lowest BCUT2D eigenvalue weighted by Gasteiger charge is -2.40. The van der Waals surface area contributed by atoms with Gasteiger partial charge < -0.3 is 19.7 Å². The van der Waals surface area contributed by atoms with E-state index in [-0.39, 0.29) is 0 Å². The molecule has 0 bridgehead atoms. The monoisotopic (exact) mass is 365 g/mol. The molecule has 3 aromatic heterocycles. The number of nitrogens with one attached hydrogen (secondary N) is 1. The average molecular weight is 365 g/mol. The Labute approximate surface area is 157 Å². The van der Waals surface area contributed by atoms with Crippen molar-refractivity contribution in [3.8, 4) is 0 Å². The molecule has 1 N–H and O–H groups in total. The first kappa shape index (κ1) is 16.2. The largest absolute Gasteiger partial charge is 0.360 e. The van der Waals surface area contributed by atoms with Crippen molar-refractivity contribution in [1.29, 1.82) is 0 Å². The van der Waals surface area contributed by atoms with Crippen molar-refractivity contribution in [2.24, 2.45) is 5.92 Å². The van der Waals surface area contributed by atoms with Gasteiger partial charge in [0.25, 0.3) is 0 Å². The predicted octanol–water partition coefficient (Wildman–Crippen LogP) is 1.31. The Balaban J connectivity index is 1.47. The molecule has 2 fully saturated rings. The van der Waals surface area contributed by atoms with E-state index in [0.29, 0.717) is 12.0 Å². The molecule has 5 heterocycles. The van der Waals surface area contributed by atoms with Gasteiger partial charge in [-0.1, -0.05) is 0 Å². The van der Waals surface area contributed by atoms with Crippen molar-refractivity contribution in [2.45, 2.75) is 18.9 Å². The first-order valence-corrected chi connectivity index (χ1v) is 9.36. The number of anilines is 3. The normalized spacial score (nSPS) is 22.3. The van der Waals surface area contributed by atoms with E-state index in [1.807, 2.05) is 19.0 Å². The van der Waals surface area contributed by atoms with Gasteiger partial charge >= 0.3 is 0 Å². The predicted molar refractivity (Wildman–Crippen MR) is 104 cm³/mol. The van der Waals surface area contributed by atoms with Crippen LogP contribution in [0.4, 0.5) is 17.5 Å². The third kappa shape index (κ3) is 2.65. The smallest absolute Gasteiger partial charge is 0.182 e. The SMILES string of the molecule is CN(C)c1nccnc1N1CCC2CCN(c3ncnc4nc[nH]c34)C2C1. The standard InChI is InChI=1S/C18H23N9/c1-25(2)17-18(20-6-5-19-17)26-7-3-12-4-8-27(13(12)9-26)16-14-15(22-10-21-14)23-11-24-16/h5-6,10-13H,3-4,7-9H2,1-2H3,(H,21,22,23,24). The summed E-state index contributed by atoms with van der Waals surface area (Å²) in [6.07, 6.45) is 9.18. The summed E-state index contributed by atoms with van der Waals surface area (Å²) in [5.74, 6) is 3.51. The molecule has 3 aromatic rings. The number of hydrogen-bond donors (Lipinski definition) is 1. The zero-order valence-corrected chi connectivity index (χ0v) is 15.6. The Morgan fingerprint density at radius 1 is 1.00 bits per heavy atom. The van der Waals surface area contributed by atoms with Gasteiger partial charge in [0.1, 0.15) is 11.8 Å². The van der Waals surface area contributed by atoms with Gasteiger partial charge in [-0.3, -0.25) is 0 Å². The third-order valence-corrected chi connectivity index (χ3v) is 5.72. The molecule has 2 unspecified atom stereocenters. The van der Waals surface area contributed by atoms with E-state index < -0.39 is 0 Å². The molecule has 0 amide bonds. The first-order chi connectivity index (χ1) is 13.2. The molecule has 140 valence electrons. The second-order valence-corrected chi connectivity index (χ2v) is 7.44. The number of rotatable bonds is 3. The summed E-state index contributed by atoms with van der Waals surface area (Å²) in [7, 11) is 4.02. The fourth-order valence-corrected chi connectivity index (χ4v) is 4.43. The Kier molecular flexibility index (Phi) is 3.80. The molecule has 9 nitrogen and oxygen atoms in total. The van der Waals surface area contributed by atoms with Crippen molar-refractivity contribution in [3.63, 3.8) is 0 Å². The van der Waals surface area contributed by atoms with Crippen LogP contribution in [0.1, 0.15) is 12.8 Å². The minimum absolute atomic E-state index is 0.400. The highest BCUT2D eigenvalue weighted by atomic mass is 15.3. The van der Waals surface area contributed by atoms with Crippen molar-refractivity contribution in [2.75, 3.05) is 48.4 Å².